The molecule has 0 bridgehead atoms. The van der Waals surface area contributed by atoms with E-state index in [1.165, 1.54) is 0 Å². The fraction of sp³-hybridized carbons (Fsp3) is 0.950. The number of alkyl halides is 2. The molecule has 0 N–H and O–H groups in total. The number of likely N-dealkylation sites (tertiary alicyclic amines) is 3. The van der Waals surface area contributed by atoms with Crippen molar-refractivity contribution >= 4 is 5.91 Å². The largest absolute Gasteiger partial charge is 0.343 e. The van der Waals surface area contributed by atoms with E-state index < -0.39 is 12.0 Å². The van der Waals surface area contributed by atoms with Crippen LogP contribution in [0.25, 0.3) is 0 Å². The summed E-state index contributed by atoms with van der Waals surface area (Å²) in [5.41, 5.74) is 0. The molecule has 3 aliphatic heterocycles. The van der Waals surface area contributed by atoms with Gasteiger partial charge in [-0.2, -0.15) is 0 Å². The van der Waals surface area contributed by atoms with E-state index in [4.69, 9.17) is 0 Å². The van der Waals surface area contributed by atoms with Gasteiger partial charge in [0.05, 0.1) is 12.6 Å². The molecule has 1 unspecified atom stereocenters. The summed E-state index contributed by atoms with van der Waals surface area (Å²) in [5.74, 6) is -1.10. The topological polar surface area (TPSA) is 26.8 Å². The Morgan fingerprint density at radius 2 is 1.54 bits per heavy atom. The highest BCUT2D eigenvalue weighted by atomic mass is 19.3. The van der Waals surface area contributed by atoms with E-state index in [1.54, 1.807) is 6.92 Å². The van der Waals surface area contributed by atoms with Crippen molar-refractivity contribution in [3.8, 4) is 0 Å². The van der Waals surface area contributed by atoms with E-state index in [9.17, 15) is 13.6 Å². The summed E-state index contributed by atoms with van der Waals surface area (Å²) in [6, 6.07) is -0.573. The molecule has 1 atom stereocenters. The average Bonchev–Trinajstić information content (AvgIpc) is 2.62. The molecule has 0 aliphatic carbocycles. The molecule has 1 amide bonds. The highest BCUT2D eigenvalue weighted by Crippen LogP contribution is 2.37. The Morgan fingerprint density at radius 3 is 2.04 bits per heavy atom. The van der Waals surface area contributed by atoms with Gasteiger partial charge in [-0.05, 0) is 70.0 Å². The number of nitrogens with zero attached hydrogens (tertiary/aromatic N) is 3. The smallest absolute Gasteiger partial charge is 0.275 e. The van der Waals surface area contributed by atoms with Crippen molar-refractivity contribution in [3.63, 3.8) is 0 Å². The van der Waals surface area contributed by atoms with Crippen molar-refractivity contribution in [3.05, 3.63) is 0 Å². The number of amides is 1. The van der Waals surface area contributed by atoms with Gasteiger partial charge in [-0.15, -0.1) is 0 Å². The third-order valence-corrected chi connectivity index (χ3v) is 6.85. The van der Waals surface area contributed by atoms with Crippen molar-refractivity contribution in [2.45, 2.75) is 64.3 Å². The number of rotatable bonds is 4. The molecule has 3 aliphatic rings. The second-order valence-electron chi connectivity index (χ2n) is 8.56. The summed E-state index contributed by atoms with van der Waals surface area (Å²) in [7, 11) is 0. The van der Waals surface area contributed by atoms with E-state index in [0.29, 0.717) is 18.3 Å². The molecule has 3 rings (SSSR count). The van der Waals surface area contributed by atoms with Gasteiger partial charge in [-0.3, -0.25) is 14.6 Å². The Kier molecular flexibility index (Phi) is 6.54. The number of piperidine rings is 3. The number of halogens is 2. The van der Waals surface area contributed by atoms with Crippen molar-refractivity contribution in [1.82, 2.24) is 14.7 Å². The van der Waals surface area contributed by atoms with Crippen LogP contribution in [0, 0.1) is 11.8 Å². The Morgan fingerprint density at radius 1 is 0.962 bits per heavy atom. The van der Waals surface area contributed by atoms with Gasteiger partial charge in [0.25, 0.3) is 5.92 Å². The Hall–Kier alpha value is -0.750. The van der Waals surface area contributed by atoms with Gasteiger partial charge < -0.3 is 4.90 Å². The minimum atomic E-state index is -2.59. The Labute approximate surface area is 156 Å². The van der Waals surface area contributed by atoms with E-state index in [1.807, 2.05) is 9.80 Å². The lowest BCUT2D eigenvalue weighted by molar-refractivity contribution is -0.134. The zero-order chi connectivity index (χ0) is 18.7. The summed E-state index contributed by atoms with van der Waals surface area (Å²) in [5, 5.41) is 0. The predicted molar refractivity (Wildman–Crippen MR) is 99.4 cm³/mol. The summed E-state index contributed by atoms with van der Waals surface area (Å²) in [4.78, 5) is 17.4. The van der Waals surface area contributed by atoms with Crippen LogP contribution in [-0.4, -0.2) is 78.4 Å². The Bertz CT molecular complexity index is 472. The zero-order valence-electron chi connectivity index (χ0n) is 16.4. The third kappa shape index (κ3) is 4.56. The first-order valence-corrected chi connectivity index (χ1v) is 10.5. The molecule has 0 radical (unpaired) electrons. The van der Waals surface area contributed by atoms with Gasteiger partial charge in [0.2, 0.25) is 5.91 Å². The maximum atomic E-state index is 14.7. The molecular formula is C20H35F2N3O. The highest BCUT2D eigenvalue weighted by Gasteiger charge is 2.48. The number of carbonyl (C=O) groups excluding carboxylic acids is 1. The maximum Gasteiger partial charge on any atom is 0.275 e. The first-order chi connectivity index (χ1) is 12.4. The average molecular weight is 372 g/mol. The van der Waals surface area contributed by atoms with Crippen molar-refractivity contribution < 1.29 is 13.6 Å². The summed E-state index contributed by atoms with van der Waals surface area (Å²) < 4.78 is 29.4. The highest BCUT2D eigenvalue weighted by molar-refractivity contribution is 5.73. The van der Waals surface area contributed by atoms with Gasteiger partial charge in [0, 0.05) is 26.6 Å². The fourth-order valence-corrected chi connectivity index (χ4v) is 5.34. The van der Waals surface area contributed by atoms with Crippen LogP contribution in [0.1, 0.15) is 52.4 Å². The third-order valence-electron chi connectivity index (χ3n) is 6.85. The van der Waals surface area contributed by atoms with Crippen LogP contribution in [0.2, 0.25) is 0 Å². The predicted octanol–water partition coefficient (Wildman–Crippen LogP) is 3.08. The van der Waals surface area contributed by atoms with Crippen LogP contribution in [0.3, 0.4) is 0 Å². The number of carbonyl (C=O) groups is 1. The molecule has 3 saturated heterocycles. The zero-order valence-corrected chi connectivity index (χ0v) is 16.4. The first kappa shape index (κ1) is 20.0. The van der Waals surface area contributed by atoms with Crippen molar-refractivity contribution in [2.75, 3.05) is 45.8 Å². The van der Waals surface area contributed by atoms with Crippen LogP contribution < -0.4 is 0 Å². The molecule has 3 fully saturated rings. The fourth-order valence-electron chi connectivity index (χ4n) is 5.34. The molecule has 0 aromatic carbocycles. The Balaban J connectivity index is 1.47. The lowest BCUT2D eigenvalue weighted by atomic mass is 9.78. The van der Waals surface area contributed by atoms with Crippen LogP contribution in [0.15, 0.2) is 0 Å². The van der Waals surface area contributed by atoms with Crippen molar-refractivity contribution in [1.29, 1.82) is 0 Å². The molecule has 0 spiro atoms. The van der Waals surface area contributed by atoms with Gasteiger partial charge in [0.1, 0.15) is 0 Å². The molecular weight excluding hydrogens is 336 g/mol. The van der Waals surface area contributed by atoms with Crippen molar-refractivity contribution in [2.24, 2.45) is 11.8 Å². The monoisotopic (exact) mass is 371 g/mol. The first-order valence-electron chi connectivity index (χ1n) is 10.5. The van der Waals surface area contributed by atoms with Crippen LogP contribution >= 0.6 is 0 Å². The lowest BCUT2D eigenvalue weighted by Gasteiger charge is -2.47. The SMILES string of the molecule is CCCN1CCC(N2CCC(C3CCN(C(C)=O)CC3)CC2)C(F)(F)C1. The second-order valence-corrected chi connectivity index (χ2v) is 8.56. The molecule has 3 heterocycles. The summed E-state index contributed by atoms with van der Waals surface area (Å²) in [6.45, 7) is 8.57. The van der Waals surface area contributed by atoms with Gasteiger partial charge in [-0.1, -0.05) is 6.92 Å². The standard InChI is InChI=1S/C20H35F2N3O/c1-3-9-23-10-8-19(20(21,22)15-23)25-13-6-18(7-14-25)17-4-11-24(12-5-17)16(2)26/h17-19H,3-15H2,1-2H3. The molecule has 0 aromatic rings. The maximum absolute atomic E-state index is 14.7. The minimum Gasteiger partial charge on any atom is -0.343 e. The quantitative estimate of drug-likeness (QED) is 0.760. The molecule has 150 valence electrons. The minimum absolute atomic E-state index is 0.0745. The van der Waals surface area contributed by atoms with E-state index in [0.717, 1.165) is 71.4 Å². The van der Waals surface area contributed by atoms with Gasteiger partial charge in [-0.25, -0.2) is 8.78 Å². The molecule has 4 nitrogen and oxygen atoms in total. The van der Waals surface area contributed by atoms with E-state index >= 15 is 0 Å². The lowest BCUT2D eigenvalue weighted by Crippen LogP contribution is -2.59. The van der Waals surface area contributed by atoms with E-state index in [-0.39, 0.29) is 12.5 Å². The number of hydrogen-bond acceptors (Lipinski definition) is 3. The second kappa shape index (κ2) is 8.51. The van der Waals surface area contributed by atoms with E-state index in [2.05, 4.69) is 11.8 Å². The molecule has 26 heavy (non-hydrogen) atoms. The molecule has 6 heteroatoms. The normalized spacial score (nSPS) is 29.8. The molecule has 0 saturated carbocycles. The van der Waals surface area contributed by atoms with Crippen LogP contribution in [0.4, 0.5) is 8.78 Å². The van der Waals surface area contributed by atoms with Gasteiger partial charge >= 0.3 is 0 Å². The number of hydrogen-bond donors (Lipinski definition) is 0. The van der Waals surface area contributed by atoms with Crippen LogP contribution in [0.5, 0.6) is 0 Å². The molecule has 0 aromatic heterocycles. The summed E-state index contributed by atoms with van der Waals surface area (Å²) >= 11 is 0. The van der Waals surface area contributed by atoms with Gasteiger partial charge in [0.15, 0.2) is 0 Å². The summed E-state index contributed by atoms with van der Waals surface area (Å²) in [6.07, 6.45) is 5.76. The van der Waals surface area contributed by atoms with Crippen LogP contribution in [-0.2, 0) is 4.79 Å².